The maximum absolute atomic E-state index is 12.7. The van der Waals surface area contributed by atoms with Crippen LogP contribution in [0.4, 0.5) is 0 Å². The van der Waals surface area contributed by atoms with E-state index < -0.39 is 26.5 Å². The van der Waals surface area contributed by atoms with Crippen LogP contribution in [0, 0.1) is 0 Å². The number of phosphoric ester groups is 1. The molecule has 0 heterocycles. The van der Waals surface area contributed by atoms with E-state index in [1.54, 1.807) is 0 Å². The predicted octanol–water partition coefficient (Wildman–Crippen LogP) is 17.7. The van der Waals surface area contributed by atoms with Crippen molar-refractivity contribution in [2.24, 2.45) is 5.73 Å². The minimum absolute atomic E-state index is 0.0488. The summed E-state index contributed by atoms with van der Waals surface area (Å²) in [7, 11) is -4.39. The van der Waals surface area contributed by atoms with Crippen molar-refractivity contribution in [2.45, 2.75) is 245 Å². The van der Waals surface area contributed by atoms with E-state index in [0.717, 1.165) is 96.3 Å². The highest BCUT2D eigenvalue weighted by atomic mass is 31.2. The number of phosphoric acid groups is 1. The highest BCUT2D eigenvalue weighted by Crippen LogP contribution is 2.43. The number of allylic oxidation sites excluding steroid dienone is 16. The van der Waals surface area contributed by atoms with Gasteiger partial charge in [0.2, 0.25) is 0 Å². The minimum Gasteiger partial charge on any atom is -0.462 e. The summed E-state index contributed by atoms with van der Waals surface area (Å²) in [5, 5.41) is 0. The zero-order valence-electron chi connectivity index (χ0n) is 44.7. The van der Waals surface area contributed by atoms with Gasteiger partial charge in [0.1, 0.15) is 6.61 Å². The van der Waals surface area contributed by atoms with Gasteiger partial charge in [0, 0.05) is 19.4 Å². The fourth-order valence-corrected chi connectivity index (χ4v) is 8.36. The summed E-state index contributed by atoms with van der Waals surface area (Å²) in [5.41, 5.74) is 5.37. The van der Waals surface area contributed by atoms with Crippen LogP contribution in [0.2, 0.25) is 0 Å². The molecule has 0 radical (unpaired) electrons. The SMILES string of the molecule is CC/C=C\C/C=C\C/C=C\C/C=C\C/C=C\C/C=C\C/C=C\C/C=C\CCCCCCCCCCC(=O)OC(COC(=O)CCCCCCCCCCCCCCCCCC)COP(=O)(O)OCCN. The van der Waals surface area contributed by atoms with Crippen LogP contribution in [0.25, 0.3) is 0 Å². The van der Waals surface area contributed by atoms with Crippen molar-refractivity contribution in [1.29, 1.82) is 0 Å². The van der Waals surface area contributed by atoms with E-state index in [9.17, 15) is 19.0 Å². The van der Waals surface area contributed by atoms with Crippen molar-refractivity contribution < 1.29 is 37.6 Å². The molecule has 10 heteroatoms. The molecule has 0 aromatic rings. The summed E-state index contributed by atoms with van der Waals surface area (Å²) in [6.45, 7) is 3.63. The number of hydrogen-bond donors (Lipinski definition) is 2. The van der Waals surface area contributed by atoms with Gasteiger partial charge in [-0.3, -0.25) is 18.6 Å². The van der Waals surface area contributed by atoms with Gasteiger partial charge in [-0.05, 0) is 77.0 Å². The standard InChI is InChI=1S/C60H104NO8P/c1-3-5-7-9-11-13-15-17-19-21-22-23-24-25-26-27-28-29-30-31-32-33-34-35-36-37-39-41-43-45-47-49-51-53-60(63)69-58(57-68-70(64,65)67-55-54-61)56-66-59(62)52-50-48-46-44-42-40-38-20-18-16-14-12-10-8-6-4-2/h5,7,11,13,17,19,22-23,25-26,28-29,31-32,34-35,58H,3-4,6,8-10,12,14-16,18,20-21,24,27,30,33,36-57,61H2,1-2H3,(H,64,65)/b7-5-,13-11-,19-17-,23-22-,26-25-,29-28-,32-31-,35-34-. The Balaban J connectivity index is 4.02. The summed E-state index contributed by atoms with van der Waals surface area (Å²) in [6.07, 6.45) is 73.1. The molecule has 402 valence electrons. The molecule has 0 saturated carbocycles. The van der Waals surface area contributed by atoms with E-state index in [1.807, 2.05) is 0 Å². The Labute approximate surface area is 429 Å². The lowest BCUT2D eigenvalue weighted by atomic mass is 10.0. The van der Waals surface area contributed by atoms with Crippen LogP contribution >= 0.6 is 7.82 Å². The summed E-state index contributed by atoms with van der Waals surface area (Å²) in [5.74, 6) is -0.836. The van der Waals surface area contributed by atoms with Crippen molar-refractivity contribution in [3.63, 3.8) is 0 Å². The predicted molar refractivity (Wildman–Crippen MR) is 298 cm³/mol. The first-order chi connectivity index (χ1) is 34.3. The number of rotatable bonds is 52. The molecule has 0 aromatic carbocycles. The Hall–Kier alpha value is -3.07. The van der Waals surface area contributed by atoms with Crippen LogP contribution in [-0.2, 0) is 32.7 Å². The van der Waals surface area contributed by atoms with Gasteiger partial charge in [0.25, 0.3) is 0 Å². The smallest absolute Gasteiger partial charge is 0.462 e. The van der Waals surface area contributed by atoms with E-state index in [0.29, 0.717) is 6.42 Å². The summed E-state index contributed by atoms with van der Waals surface area (Å²) >= 11 is 0. The maximum atomic E-state index is 12.7. The van der Waals surface area contributed by atoms with Crippen LogP contribution in [0.3, 0.4) is 0 Å². The zero-order valence-corrected chi connectivity index (χ0v) is 45.6. The lowest BCUT2D eigenvalue weighted by Crippen LogP contribution is -2.29. The average Bonchev–Trinajstić information content (AvgIpc) is 3.35. The first-order valence-corrected chi connectivity index (χ1v) is 29.7. The van der Waals surface area contributed by atoms with Crippen LogP contribution in [0.1, 0.15) is 239 Å². The lowest BCUT2D eigenvalue weighted by Gasteiger charge is -2.19. The normalized spacial score (nSPS) is 13.8. The molecular formula is C60H104NO8P. The first kappa shape index (κ1) is 66.9. The van der Waals surface area contributed by atoms with Gasteiger partial charge in [0.05, 0.1) is 13.2 Å². The van der Waals surface area contributed by atoms with E-state index in [1.165, 1.54) is 109 Å². The molecule has 0 saturated heterocycles. The molecule has 9 nitrogen and oxygen atoms in total. The van der Waals surface area contributed by atoms with Crippen molar-refractivity contribution in [1.82, 2.24) is 0 Å². The van der Waals surface area contributed by atoms with Gasteiger partial charge in [0.15, 0.2) is 6.10 Å². The van der Waals surface area contributed by atoms with Gasteiger partial charge >= 0.3 is 19.8 Å². The highest BCUT2D eigenvalue weighted by molar-refractivity contribution is 7.47. The summed E-state index contributed by atoms with van der Waals surface area (Å²) in [6, 6.07) is 0. The second-order valence-corrected chi connectivity index (χ2v) is 19.9. The van der Waals surface area contributed by atoms with E-state index in [4.69, 9.17) is 24.3 Å². The van der Waals surface area contributed by atoms with Crippen molar-refractivity contribution in [3.8, 4) is 0 Å². The van der Waals surface area contributed by atoms with Gasteiger partial charge < -0.3 is 20.1 Å². The van der Waals surface area contributed by atoms with Gasteiger partial charge in [-0.25, -0.2) is 4.57 Å². The quantitative estimate of drug-likeness (QED) is 0.0264. The lowest BCUT2D eigenvalue weighted by molar-refractivity contribution is -0.161. The maximum Gasteiger partial charge on any atom is 0.472 e. The molecule has 70 heavy (non-hydrogen) atoms. The third kappa shape index (κ3) is 54.3. The molecular weight excluding hydrogens is 894 g/mol. The van der Waals surface area contributed by atoms with Crippen molar-refractivity contribution in [3.05, 3.63) is 97.2 Å². The molecule has 3 N–H and O–H groups in total. The number of ether oxygens (including phenoxy) is 2. The van der Waals surface area contributed by atoms with Gasteiger partial charge in [-0.2, -0.15) is 0 Å². The molecule has 0 bridgehead atoms. The molecule has 2 unspecified atom stereocenters. The van der Waals surface area contributed by atoms with Crippen molar-refractivity contribution in [2.75, 3.05) is 26.4 Å². The third-order valence-electron chi connectivity index (χ3n) is 11.7. The molecule has 0 aliphatic rings. The van der Waals surface area contributed by atoms with E-state index in [2.05, 4.69) is 111 Å². The van der Waals surface area contributed by atoms with E-state index in [-0.39, 0.29) is 38.6 Å². The zero-order chi connectivity index (χ0) is 51.0. The first-order valence-electron chi connectivity index (χ1n) is 28.2. The highest BCUT2D eigenvalue weighted by Gasteiger charge is 2.26. The molecule has 0 aliphatic carbocycles. The topological polar surface area (TPSA) is 134 Å². The second-order valence-electron chi connectivity index (χ2n) is 18.4. The molecule has 0 fully saturated rings. The Morgan fingerprint density at radius 3 is 1.17 bits per heavy atom. The van der Waals surface area contributed by atoms with Crippen LogP contribution in [0.5, 0.6) is 0 Å². The third-order valence-corrected chi connectivity index (χ3v) is 12.7. The summed E-state index contributed by atoms with van der Waals surface area (Å²) < 4.78 is 33.0. The second kappa shape index (κ2) is 55.2. The monoisotopic (exact) mass is 998 g/mol. The van der Waals surface area contributed by atoms with E-state index >= 15 is 0 Å². The number of carbonyl (C=O) groups is 2. The molecule has 2 atom stereocenters. The fourth-order valence-electron chi connectivity index (χ4n) is 7.59. The van der Waals surface area contributed by atoms with Crippen LogP contribution in [-0.4, -0.2) is 49.3 Å². The number of unbranched alkanes of at least 4 members (excludes halogenated alkanes) is 23. The molecule has 0 aromatic heterocycles. The number of carbonyl (C=O) groups excluding carboxylic acids is 2. The minimum atomic E-state index is -4.39. The largest absolute Gasteiger partial charge is 0.472 e. The Morgan fingerprint density at radius 2 is 0.786 bits per heavy atom. The fraction of sp³-hybridized carbons (Fsp3) is 0.700. The van der Waals surface area contributed by atoms with Crippen LogP contribution < -0.4 is 5.73 Å². The Morgan fingerprint density at radius 1 is 0.443 bits per heavy atom. The molecule has 0 amide bonds. The Bertz CT molecular complexity index is 1460. The van der Waals surface area contributed by atoms with Crippen molar-refractivity contribution >= 4 is 19.8 Å². The Kier molecular flexibility index (Phi) is 52.8. The average molecular weight is 998 g/mol. The number of hydrogen-bond acceptors (Lipinski definition) is 8. The molecule has 0 aliphatic heterocycles. The van der Waals surface area contributed by atoms with Gasteiger partial charge in [-0.15, -0.1) is 0 Å². The van der Waals surface area contributed by atoms with Gasteiger partial charge in [-0.1, -0.05) is 246 Å². The summed E-state index contributed by atoms with van der Waals surface area (Å²) in [4.78, 5) is 35.1. The number of nitrogens with two attached hydrogens (primary N) is 1. The number of esters is 2. The molecule has 0 spiro atoms. The molecule has 0 rings (SSSR count). The van der Waals surface area contributed by atoms with Crippen LogP contribution in [0.15, 0.2) is 97.2 Å².